The summed E-state index contributed by atoms with van der Waals surface area (Å²) < 4.78 is 0. The zero-order valence-electron chi connectivity index (χ0n) is 9.97. The quantitative estimate of drug-likeness (QED) is 0.676. The van der Waals surface area contributed by atoms with Crippen molar-refractivity contribution in [3.63, 3.8) is 0 Å². The maximum Gasteiger partial charge on any atom is 0.0555 e. The van der Waals surface area contributed by atoms with Crippen molar-refractivity contribution in [1.29, 1.82) is 0 Å². The number of rotatable bonds is 3. The van der Waals surface area contributed by atoms with Gasteiger partial charge in [0.05, 0.1) is 6.54 Å². The zero-order chi connectivity index (χ0) is 12.6. The fraction of sp³-hybridized carbons (Fsp3) is 0.133. The van der Waals surface area contributed by atoms with Gasteiger partial charge in [-0.15, -0.1) is 11.8 Å². The number of benzene rings is 1. The summed E-state index contributed by atoms with van der Waals surface area (Å²) in [4.78, 5) is 5.22. The average molecular weight is 254 g/mol. The van der Waals surface area contributed by atoms with E-state index in [1.165, 1.54) is 10.5 Å². The van der Waals surface area contributed by atoms with Gasteiger partial charge in [-0.25, -0.2) is 0 Å². The molecule has 0 fully saturated rings. The number of hydrogen-bond acceptors (Lipinski definition) is 3. The second kappa shape index (κ2) is 6.85. The Labute approximate surface area is 112 Å². The van der Waals surface area contributed by atoms with Crippen molar-refractivity contribution in [2.24, 2.45) is 5.73 Å². The van der Waals surface area contributed by atoms with E-state index in [1.54, 1.807) is 11.8 Å². The van der Waals surface area contributed by atoms with Crippen molar-refractivity contribution in [2.75, 3.05) is 6.54 Å². The molecule has 1 aromatic heterocycles. The molecule has 0 radical (unpaired) electrons. The van der Waals surface area contributed by atoms with Crippen LogP contribution in [-0.4, -0.2) is 11.5 Å². The van der Waals surface area contributed by atoms with Crippen LogP contribution in [-0.2, 0) is 5.75 Å². The Morgan fingerprint density at radius 3 is 2.67 bits per heavy atom. The molecule has 90 valence electrons. The van der Waals surface area contributed by atoms with Gasteiger partial charge in [0, 0.05) is 28.6 Å². The van der Waals surface area contributed by atoms with E-state index in [0.717, 1.165) is 11.3 Å². The summed E-state index contributed by atoms with van der Waals surface area (Å²) in [5, 5.41) is 0. The van der Waals surface area contributed by atoms with E-state index in [-0.39, 0.29) is 0 Å². The fourth-order valence-corrected chi connectivity index (χ4v) is 2.40. The van der Waals surface area contributed by atoms with E-state index in [4.69, 9.17) is 5.73 Å². The summed E-state index contributed by atoms with van der Waals surface area (Å²) >= 11 is 1.78. The van der Waals surface area contributed by atoms with Crippen LogP contribution in [0.1, 0.15) is 11.1 Å². The van der Waals surface area contributed by atoms with Crippen LogP contribution < -0.4 is 5.73 Å². The zero-order valence-corrected chi connectivity index (χ0v) is 10.8. The van der Waals surface area contributed by atoms with Gasteiger partial charge in [0.25, 0.3) is 0 Å². The minimum atomic E-state index is 0.395. The molecule has 0 spiro atoms. The lowest BCUT2D eigenvalue weighted by molar-refractivity contribution is 1.26. The molecule has 2 nitrogen and oxygen atoms in total. The molecular formula is C15H14N2S. The van der Waals surface area contributed by atoms with Crippen LogP contribution in [0.5, 0.6) is 0 Å². The first-order valence-corrected chi connectivity index (χ1v) is 6.68. The molecule has 2 aromatic rings. The maximum absolute atomic E-state index is 5.41. The first-order chi connectivity index (χ1) is 8.90. The lowest BCUT2D eigenvalue weighted by Crippen LogP contribution is -1.94. The van der Waals surface area contributed by atoms with Crippen LogP contribution in [0, 0.1) is 11.8 Å². The van der Waals surface area contributed by atoms with Gasteiger partial charge in [-0.3, -0.25) is 4.98 Å². The minimum absolute atomic E-state index is 0.395. The van der Waals surface area contributed by atoms with E-state index in [0.29, 0.717) is 6.54 Å². The summed E-state index contributed by atoms with van der Waals surface area (Å²) in [7, 11) is 0. The van der Waals surface area contributed by atoms with Crippen molar-refractivity contribution < 1.29 is 0 Å². The second-order valence-electron chi connectivity index (χ2n) is 3.63. The molecule has 2 N–H and O–H groups in total. The number of thioether (sulfide) groups is 1. The SMILES string of the molecule is NCC#Cc1ccccc1CSc1ccncc1. The summed E-state index contributed by atoms with van der Waals surface area (Å²) in [5.41, 5.74) is 7.70. The molecule has 0 atom stereocenters. The Hall–Kier alpha value is -1.76. The van der Waals surface area contributed by atoms with E-state index >= 15 is 0 Å². The minimum Gasteiger partial charge on any atom is -0.320 e. The number of nitrogens with two attached hydrogens (primary N) is 1. The second-order valence-corrected chi connectivity index (χ2v) is 4.68. The molecule has 1 heterocycles. The van der Waals surface area contributed by atoms with Gasteiger partial charge < -0.3 is 5.73 Å². The Kier molecular flexibility index (Phi) is 4.83. The van der Waals surface area contributed by atoms with Gasteiger partial charge in [-0.2, -0.15) is 0 Å². The molecule has 0 amide bonds. The van der Waals surface area contributed by atoms with Crippen LogP contribution in [0.3, 0.4) is 0 Å². The highest BCUT2D eigenvalue weighted by molar-refractivity contribution is 7.98. The Balaban J connectivity index is 2.09. The molecule has 0 saturated heterocycles. The van der Waals surface area contributed by atoms with Gasteiger partial charge in [0.15, 0.2) is 0 Å². The first kappa shape index (κ1) is 12.7. The average Bonchev–Trinajstić information content (AvgIpc) is 2.45. The van der Waals surface area contributed by atoms with E-state index in [9.17, 15) is 0 Å². The normalized spacial score (nSPS) is 9.61. The third-order valence-electron chi connectivity index (χ3n) is 2.39. The van der Waals surface area contributed by atoms with Crippen molar-refractivity contribution in [3.8, 4) is 11.8 Å². The van der Waals surface area contributed by atoms with Crippen molar-refractivity contribution in [1.82, 2.24) is 4.98 Å². The van der Waals surface area contributed by atoms with Gasteiger partial charge in [-0.1, -0.05) is 30.0 Å². The summed E-state index contributed by atoms with van der Waals surface area (Å²) in [6, 6.07) is 12.2. The molecular weight excluding hydrogens is 240 g/mol. The van der Waals surface area contributed by atoms with Gasteiger partial charge >= 0.3 is 0 Å². The largest absolute Gasteiger partial charge is 0.320 e. The molecule has 0 aliphatic heterocycles. The third-order valence-corrected chi connectivity index (χ3v) is 3.45. The van der Waals surface area contributed by atoms with Gasteiger partial charge in [-0.05, 0) is 23.8 Å². The predicted octanol–water partition coefficient (Wildman–Crippen LogP) is 2.68. The summed E-state index contributed by atoms with van der Waals surface area (Å²) in [5.74, 6) is 6.91. The first-order valence-electron chi connectivity index (χ1n) is 5.70. The highest BCUT2D eigenvalue weighted by Gasteiger charge is 2.00. The maximum atomic E-state index is 5.41. The Morgan fingerprint density at radius 1 is 1.11 bits per heavy atom. The van der Waals surface area contributed by atoms with Crippen LogP contribution >= 0.6 is 11.8 Å². The molecule has 18 heavy (non-hydrogen) atoms. The molecule has 0 unspecified atom stereocenters. The number of pyridine rings is 1. The molecule has 0 saturated carbocycles. The lowest BCUT2D eigenvalue weighted by Gasteiger charge is -2.04. The molecule has 0 aliphatic carbocycles. The standard InChI is InChI=1S/C15H14N2S/c16-9-3-6-13-4-1-2-5-14(13)12-18-15-7-10-17-11-8-15/h1-2,4-5,7-8,10-11H,9,12,16H2. The fourth-order valence-electron chi connectivity index (χ4n) is 1.51. The van der Waals surface area contributed by atoms with E-state index < -0.39 is 0 Å². The summed E-state index contributed by atoms with van der Waals surface area (Å²) in [6.07, 6.45) is 3.62. The third kappa shape index (κ3) is 3.63. The molecule has 3 heteroatoms. The predicted molar refractivity (Wildman–Crippen MR) is 76.2 cm³/mol. The number of aromatic nitrogens is 1. The highest BCUT2D eigenvalue weighted by Crippen LogP contribution is 2.23. The van der Waals surface area contributed by atoms with Crippen LogP contribution in [0.15, 0.2) is 53.7 Å². The Bertz CT molecular complexity index is 555. The molecule has 2 rings (SSSR count). The van der Waals surface area contributed by atoms with Crippen molar-refractivity contribution >= 4 is 11.8 Å². The van der Waals surface area contributed by atoms with E-state index in [1.807, 2.05) is 42.7 Å². The monoisotopic (exact) mass is 254 g/mol. The number of nitrogens with zero attached hydrogens (tertiary/aromatic N) is 1. The van der Waals surface area contributed by atoms with Crippen molar-refractivity contribution in [3.05, 3.63) is 59.9 Å². The Morgan fingerprint density at radius 2 is 1.89 bits per heavy atom. The van der Waals surface area contributed by atoms with E-state index in [2.05, 4.69) is 22.9 Å². The topological polar surface area (TPSA) is 38.9 Å². The molecule has 0 bridgehead atoms. The van der Waals surface area contributed by atoms with Crippen molar-refractivity contribution in [2.45, 2.75) is 10.6 Å². The number of hydrogen-bond donors (Lipinski definition) is 1. The molecule has 1 aromatic carbocycles. The van der Waals surface area contributed by atoms with Gasteiger partial charge in [0.2, 0.25) is 0 Å². The van der Waals surface area contributed by atoms with Crippen LogP contribution in [0.2, 0.25) is 0 Å². The van der Waals surface area contributed by atoms with Gasteiger partial charge in [0.1, 0.15) is 0 Å². The van der Waals surface area contributed by atoms with Crippen LogP contribution in [0.25, 0.3) is 0 Å². The van der Waals surface area contributed by atoms with Crippen LogP contribution in [0.4, 0.5) is 0 Å². The lowest BCUT2D eigenvalue weighted by atomic mass is 10.1. The highest BCUT2D eigenvalue weighted by atomic mass is 32.2. The molecule has 0 aliphatic rings. The smallest absolute Gasteiger partial charge is 0.0555 e. The summed E-state index contributed by atoms with van der Waals surface area (Å²) in [6.45, 7) is 0.395.